The van der Waals surface area contributed by atoms with Crippen molar-refractivity contribution >= 4 is 28.5 Å². The summed E-state index contributed by atoms with van der Waals surface area (Å²) in [4.78, 5) is 17.7. The number of nitrogens with zero attached hydrogens (tertiary/aromatic N) is 2. The van der Waals surface area contributed by atoms with Gasteiger partial charge in [0.1, 0.15) is 11.9 Å². The molecule has 10 heteroatoms. The van der Waals surface area contributed by atoms with Crippen LogP contribution in [0, 0.1) is 23.7 Å². The van der Waals surface area contributed by atoms with E-state index in [1.807, 2.05) is 0 Å². The third kappa shape index (κ3) is 8.11. The maximum atomic E-state index is 15.6. The zero-order chi connectivity index (χ0) is 29.6. The van der Waals surface area contributed by atoms with E-state index in [0.29, 0.717) is 66.7 Å². The zero-order valence-corrected chi connectivity index (χ0v) is 23.3. The van der Waals surface area contributed by atoms with Crippen molar-refractivity contribution in [2.75, 3.05) is 26.7 Å². The van der Waals surface area contributed by atoms with E-state index in [4.69, 9.17) is 16.3 Å². The van der Waals surface area contributed by atoms with Crippen LogP contribution in [0.1, 0.15) is 55.0 Å². The minimum atomic E-state index is -4.48. The number of carbonyl (C=O) groups is 1. The molecule has 0 bridgehead atoms. The lowest BCUT2D eigenvalue weighted by Gasteiger charge is -2.38. The molecule has 1 aliphatic heterocycles. The molecule has 41 heavy (non-hydrogen) atoms. The maximum absolute atomic E-state index is 15.6. The van der Waals surface area contributed by atoms with Crippen molar-refractivity contribution in [3.8, 4) is 17.6 Å². The monoisotopic (exact) mass is 590 g/mol. The highest BCUT2D eigenvalue weighted by atomic mass is 35.5. The SMILES string of the molecule is COc1ccc2nccc(C(F)CC[C@@H]3CCN(CC#Cc4ccc(C(F)(F)F)cc4Cl)C[C@@H]3CCC(=O)O)c2c1. The fourth-order valence-electron chi connectivity index (χ4n) is 5.42. The number of methoxy groups -OCH3 is 1. The molecule has 0 spiro atoms. The van der Waals surface area contributed by atoms with Crippen LogP contribution >= 0.6 is 11.6 Å². The van der Waals surface area contributed by atoms with E-state index in [-0.39, 0.29) is 23.3 Å². The van der Waals surface area contributed by atoms with Crippen molar-refractivity contribution in [1.82, 2.24) is 9.88 Å². The van der Waals surface area contributed by atoms with Crippen LogP contribution in [0.15, 0.2) is 48.7 Å². The first-order chi connectivity index (χ1) is 19.5. The first-order valence-electron chi connectivity index (χ1n) is 13.4. The number of ether oxygens (including phenoxy) is 1. The molecule has 2 aromatic carbocycles. The molecular weight excluding hydrogens is 560 g/mol. The third-order valence-electron chi connectivity index (χ3n) is 7.64. The van der Waals surface area contributed by atoms with E-state index in [0.717, 1.165) is 18.6 Å². The quantitative estimate of drug-likeness (QED) is 0.206. The molecule has 1 N–H and O–H groups in total. The molecule has 2 heterocycles. The summed E-state index contributed by atoms with van der Waals surface area (Å²) in [5.41, 5.74) is 0.735. The largest absolute Gasteiger partial charge is 0.497 e. The Hall–Kier alpha value is -3.35. The Labute approximate surface area is 241 Å². The first-order valence-corrected chi connectivity index (χ1v) is 13.8. The average Bonchev–Trinajstić information content (AvgIpc) is 2.94. The number of pyridine rings is 1. The molecule has 218 valence electrons. The maximum Gasteiger partial charge on any atom is 0.416 e. The zero-order valence-electron chi connectivity index (χ0n) is 22.6. The summed E-state index contributed by atoms with van der Waals surface area (Å²) >= 11 is 6.01. The molecule has 3 aromatic rings. The van der Waals surface area contributed by atoms with Gasteiger partial charge in [-0.1, -0.05) is 23.4 Å². The highest BCUT2D eigenvalue weighted by Gasteiger charge is 2.31. The van der Waals surface area contributed by atoms with Crippen LogP contribution in [0.2, 0.25) is 5.02 Å². The highest BCUT2D eigenvalue weighted by molar-refractivity contribution is 6.31. The predicted octanol–water partition coefficient (Wildman–Crippen LogP) is 7.56. The van der Waals surface area contributed by atoms with Gasteiger partial charge >= 0.3 is 12.1 Å². The number of hydrogen-bond donors (Lipinski definition) is 1. The Kier molecular flexibility index (Phi) is 10.1. The highest BCUT2D eigenvalue weighted by Crippen LogP contribution is 2.37. The Morgan fingerprint density at radius 1 is 1.20 bits per heavy atom. The molecular formula is C31H31ClF4N2O3. The van der Waals surface area contributed by atoms with E-state index in [1.54, 1.807) is 37.6 Å². The van der Waals surface area contributed by atoms with Crippen molar-refractivity contribution < 1.29 is 32.2 Å². The van der Waals surface area contributed by atoms with Gasteiger partial charge in [0.25, 0.3) is 0 Å². The predicted molar refractivity (Wildman–Crippen MR) is 150 cm³/mol. The van der Waals surface area contributed by atoms with Crippen molar-refractivity contribution in [1.29, 1.82) is 0 Å². The van der Waals surface area contributed by atoms with Crippen LogP contribution < -0.4 is 4.74 Å². The molecule has 5 nitrogen and oxygen atoms in total. The number of aromatic nitrogens is 1. The summed E-state index contributed by atoms with van der Waals surface area (Å²) in [6, 6.07) is 10.1. The van der Waals surface area contributed by atoms with Crippen LogP contribution in [-0.2, 0) is 11.0 Å². The minimum Gasteiger partial charge on any atom is -0.497 e. The van der Waals surface area contributed by atoms with Gasteiger partial charge in [0.2, 0.25) is 0 Å². The lowest BCUT2D eigenvalue weighted by Crippen LogP contribution is -2.41. The number of alkyl halides is 4. The molecule has 1 aromatic heterocycles. The van der Waals surface area contributed by atoms with Gasteiger partial charge in [-0.3, -0.25) is 14.7 Å². The number of carboxylic acids is 1. The van der Waals surface area contributed by atoms with Crippen LogP contribution in [0.5, 0.6) is 5.75 Å². The van der Waals surface area contributed by atoms with Gasteiger partial charge < -0.3 is 9.84 Å². The number of rotatable bonds is 9. The smallest absolute Gasteiger partial charge is 0.416 e. The second kappa shape index (κ2) is 13.5. The van der Waals surface area contributed by atoms with Gasteiger partial charge in [0, 0.05) is 30.1 Å². The number of halogens is 5. The lowest BCUT2D eigenvalue weighted by molar-refractivity contribution is -0.138. The molecule has 3 atom stereocenters. The average molecular weight is 591 g/mol. The Balaban J connectivity index is 1.39. The van der Waals surface area contributed by atoms with E-state index < -0.39 is 23.9 Å². The number of hydrogen-bond acceptors (Lipinski definition) is 4. The Morgan fingerprint density at radius 2 is 2.00 bits per heavy atom. The van der Waals surface area contributed by atoms with Gasteiger partial charge in [-0.05, 0) is 92.1 Å². The second-order valence-electron chi connectivity index (χ2n) is 10.3. The summed E-state index contributed by atoms with van der Waals surface area (Å²) < 4.78 is 59.5. The van der Waals surface area contributed by atoms with Gasteiger partial charge in [-0.15, -0.1) is 0 Å². The first kappa shape index (κ1) is 30.6. The van der Waals surface area contributed by atoms with Crippen molar-refractivity contribution in [2.24, 2.45) is 11.8 Å². The Bertz CT molecular complexity index is 1440. The van der Waals surface area contributed by atoms with Crippen LogP contribution in [-0.4, -0.2) is 47.7 Å². The number of benzene rings is 2. The molecule has 0 radical (unpaired) electrons. The van der Waals surface area contributed by atoms with Gasteiger partial charge in [0.15, 0.2) is 0 Å². The molecule has 1 unspecified atom stereocenters. The molecule has 0 saturated carbocycles. The summed E-state index contributed by atoms with van der Waals surface area (Å²) in [7, 11) is 1.56. The van der Waals surface area contributed by atoms with Crippen LogP contribution in [0.25, 0.3) is 10.9 Å². The van der Waals surface area contributed by atoms with E-state index in [2.05, 4.69) is 21.7 Å². The van der Waals surface area contributed by atoms with Crippen molar-refractivity contribution in [3.05, 3.63) is 70.4 Å². The van der Waals surface area contributed by atoms with E-state index in [9.17, 15) is 23.1 Å². The van der Waals surface area contributed by atoms with Crippen molar-refractivity contribution in [2.45, 2.75) is 44.5 Å². The lowest BCUT2D eigenvalue weighted by atomic mass is 9.79. The molecule has 1 aliphatic rings. The number of likely N-dealkylation sites (tertiary alicyclic amines) is 1. The van der Waals surface area contributed by atoms with Gasteiger partial charge in [-0.2, -0.15) is 13.2 Å². The fraction of sp³-hybridized carbons (Fsp3) is 0.419. The minimum absolute atomic E-state index is 0.0235. The number of aliphatic carboxylic acids is 1. The number of carboxylic acid groups (broad SMARTS) is 1. The summed E-state index contributed by atoms with van der Waals surface area (Å²) in [5.74, 6) is 5.80. The van der Waals surface area contributed by atoms with Crippen LogP contribution in [0.4, 0.5) is 17.6 Å². The molecule has 1 fully saturated rings. The normalized spacial score (nSPS) is 18.5. The molecule has 4 rings (SSSR count). The second-order valence-corrected chi connectivity index (χ2v) is 10.7. The summed E-state index contributed by atoms with van der Waals surface area (Å²) in [5, 5.41) is 9.92. The summed E-state index contributed by atoms with van der Waals surface area (Å²) in [6.07, 6.45) is -1.90. The van der Waals surface area contributed by atoms with Crippen molar-refractivity contribution in [3.63, 3.8) is 0 Å². The molecule has 1 saturated heterocycles. The van der Waals surface area contributed by atoms with E-state index >= 15 is 4.39 Å². The van der Waals surface area contributed by atoms with E-state index in [1.165, 1.54) is 6.07 Å². The fourth-order valence-corrected chi connectivity index (χ4v) is 5.65. The Morgan fingerprint density at radius 3 is 2.71 bits per heavy atom. The van der Waals surface area contributed by atoms with Gasteiger partial charge in [-0.25, -0.2) is 4.39 Å². The van der Waals surface area contributed by atoms with Crippen LogP contribution in [0.3, 0.4) is 0 Å². The standard InChI is InChI=1S/C31H31ClF4N2O3/c1-41-24-8-10-29-26(18-24)25(12-14-37-29)28(33)9-5-20-13-16-38(19-22(20)6-11-30(39)40)15-2-3-21-4-7-23(17-27(21)32)31(34,35)36/h4,7-8,10,12,14,17-18,20,22,28H,5-6,9,11,13,15-16,19H2,1H3,(H,39,40)/t20-,22+,28?/m1/s1. The molecule has 0 aliphatic carbocycles. The topological polar surface area (TPSA) is 62.7 Å². The van der Waals surface area contributed by atoms with Gasteiger partial charge in [0.05, 0.1) is 29.8 Å². The third-order valence-corrected chi connectivity index (χ3v) is 7.95. The number of fused-ring (bicyclic) bond motifs is 1. The number of piperidine rings is 1. The summed E-state index contributed by atoms with van der Waals surface area (Å²) in [6.45, 7) is 1.68. The molecule has 0 amide bonds.